The first-order chi connectivity index (χ1) is 10.2. The average molecular weight is 305 g/mol. The summed E-state index contributed by atoms with van der Waals surface area (Å²) in [6, 6.07) is 1.89. The van der Waals surface area contributed by atoms with Crippen molar-refractivity contribution in [1.82, 2.24) is 4.90 Å². The predicted octanol–water partition coefficient (Wildman–Crippen LogP) is 3.13. The molecule has 1 aromatic heterocycles. The van der Waals surface area contributed by atoms with E-state index >= 15 is 0 Å². The highest BCUT2D eigenvalue weighted by molar-refractivity contribution is 7.12. The molecule has 0 unspecified atom stereocenters. The highest BCUT2D eigenvalue weighted by Crippen LogP contribution is 2.25. The summed E-state index contributed by atoms with van der Waals surface area (Å²) < 4.78 is 0. The molecule has 2 rings (SSSR count). The van der Waals surface area contributed by atoms with Crippen LogP contribution in [0.5, 0.6) is 0 Å². The lowest BCUT2D eigenvalue weighted by Gasteiger charge is -2.26. The molecule has 1 saturated carbocycles. The molecule has 0 atom stereocenters. The molecule has 21 heavy (non-hydrogen) atoms. The maximum atomic E-state index is 12.6. The smallest absolute Gasteiger partial charge is 0.264 e. The molecule has 4 heteroatoms. The van der Waals surface area contributed by atoms with Crippen molar-refractivity contribution in [2.75, 3.05) is 20.2 Å². The molecule has 1 fully saturated rings. The van der Waals surface area contributed by atoms with E-state index in [-0.39, 0.29) is 12.5 Å². The molecule has 1 aliphatic carbocycles. The van der Waals surface area contributed by atoms with Crippen LogP contribution in [0.2, 0.25) is 0 Å². The second-order valence-corrected chi connectivity index (χ2v) is 6.54. The van der Waals surface area contributed by atoms with Gasteiger partial charge in [-0.15, -0.1) is 11.3 Å². The van der Waals surface area contributed by atoms with Gasteiger partial charge >= 0.3 is 0 Å². The van der Waals surface area contributed by atoms with Gasteiger partial charge in [-0.1, -0.05) is 31.1 Å². The Morgan fingerprint density at radius 2 is 2.19 bits per heavy atom. The molecule has 0 saturated heterocycles. The van der Waals surface area contributed by atoms with Gasteiger partial charge in [-0.25, -0.2) is 0 Å². The minimum Gasteiger partial charge on any atom is -0.395 e. The van der Waals surface area contributed by atoms with Gasteiger partial charge in [0.05, 0.1) is 6.61 Å². The van der Waals surface area contributed by atoms with Crippen LogP contribution in [0, 0.1) is 17.8 Å². The van der Waals surface area contributed by atoms with E-state index in [1.54, 1.807) is 0 Å². The third kappa shape index (κ3) is 4.59. The SMILES string of the molecule is CN(CC1CCCCC1)C(=O)c1sccc1C#CCCO. The zero-order valence-electron chi connectivity index (χ0n) is 12.6. The molecular weight excluding hydrogens is 282 g/mol. The molecular formula is C17H23NO2S. The molecule has 0 radical (unpaired) electrons. The molecule has 114 valence electrons. The number of nitrogens with zero attached hydrogens (tertiary/aromatic N) is 1. The summed E-state index contributed by atoms with van der Waals surface area (Å²) in [7, 11) is 1.89. The predicted molar refractivity (Wildman–Crippen MR) is 86.4 cm³/mol. The number of carbonyl (C=O) groups is 1. The molecule has 0 aliphatic heterocycles. The Morgan fingerprint density at radius 3 is 2.90 bits per heavy atom. The Balaban J connectivity index is 1.99. The Hall–Kier alpha value is -1.31. The number of carbonyl (C=O) groups excluding carboxylic acids is 1. The van der Waals surface area contributed by atoms with E-state index in [0.29, 0.717) is 12.3 Å². The summed E-state index contributed by atoms with van der Waals surface area (Å²) in [6.07, 6.45) is 6.86. The molecule has 1 heterocycles. The zero-order chi connectivity index (χ0) is 15.1. The lowest BCUT2D eigenvalue weighted by Crippen LogP contribution is -2.32. The van der Waals surface area contributed by atoms with Gasteiger partial charge in [0, 0.05) is 25.6 Å². The first kappa shape index (κ1) is 16.1. The van der Waals surface area contributed by atoms with Gasteiger partial charge in [0.25, 0.3) is 5.91 Å². The largest absolute Gasteiger partial charge is 0.395 e. The minimum atomic E-state index is 0.0575. The van der Waals surface area contributed by atoms with Crippen LogP contribution >= 0.6 is 11.3 Å². The maximum Gasteiger partial charge on any atom is 0.264 e. The van der Waals surface area contributed by atoms with Crippen LogP contribution in [0.25, 0.3) is 0 Å². The van der Waals surface area contributed by atoms with Crippen LogP contribution in [0.1, 0.15) is 53.8 Å². The fraction of sp³-hybridized carbons (Fsp3) is 0.588. The van der Waals surface area contributed by atoms with Crippen LogP contribution in [-0.4, -0.2) is 36.1 Å². The van der Waals surface area contributed by atoms with E-state index in [2.05, 4.69) is 11.8 Å². The van der Waals surface area contributed by atoms with Gasteiger partial charge in [0.2, 0.25) is 0 Å². The average Bonchev–Trinajstić information content (AvgIpc) is 2.96. The Bertz CT molecular complexity index is 520. The van der Waals surface area contributed by atoms with Crippen molar-refractivity contribution >= 4 is 17.2 Å². The Morgan fingerprint density at radius 1 is 1.43 bits per heavy atom. The van der Waals surface area contributed by atoms with Crippen LogP contribution in [0.3, 0.4) is 0 Å². The Labute approximate surface area is 131 Å². The molecule has 0 spiro atoms. The standard InChI is InChI=1S/C17H23NO2S/c1-18(13-14-7-3-2-4-8-14)17(20)16-15(10-12-21-16)9-5-6-11-19/h10,12,14,19H,2-4,6-8,11,13H2,1H3. The first-order valence-electron chi connectivity index (χ1n) is 7.65. The molecule has 1 N–H and O–H groups in total. The second kappa shape index (κ2) is 8.21. The van der Waals surface area contributed by atoms with Crippen LogP contribution in [0.15, 0.2) is 11.4 Å². The van der Waals surface area contributed by atoms with E-state index in [4.69, 9.17) is 5.11 Å². The van der Waals surface area contributed by atoms with E-state index in [9.17, 15) is 4.79 Å². The van der Waals surface area contributed by atoms with Gasteiger partial charge in [0.15, 0.2) is 0 Å². The van der Waals surface area contributed by atoms with E-state index in [1.165, 1.54) is 43.4 Å². The third-order valence-electron chi connectivity index (χ3n) is 3.92. The van der Waals surface area contributed by atoms with Crippen LogP contribution in [0.4, 0.5) is 0 Å². The van der Waals surface area contributed by atoms with Crippen molar-refractivity contribution in [2.45, 2.75) is 38.5 Å². The van der Waals surface area contributed by atoms with Crippen molar-refractivity contribution in [3.05, 3.63) is 21.9 Å². The van der Waals surface area contributed by atoms with Crippen molar-refractivity contribution in [2.24, 2.45) is 5.92 Å². The Kier molecular flexibility index (Phi) is 6.28. The van der Waals surface area contributed by atoms with Crippen LogP contribution in [-0.2, 0) is 0 Å². The van der Waals surface area contributed by atoms with Gasteiger partial charge < -0.3 is 10.0 Å². The van der Waals surface area contributed by atoms with Gasteiger partial charge in [-0.2, -0.15) is 0 Å². The van der Waals surface area contributed by atoms with Gasteiger partial charge in [0.1, 0.15) is 4.88 Å². The molecule has 1 amide bonds. The summed E-state index contributed by atoms with van der Waals surface area (Å²) >= 11 is 1.45. The first-order valence-corrected chi connectivity index (χ1v) is 8.53. The van der Waals surface area contributed by atoms with Crippen molar-refractivity contribution in [1.29, 1.82) is 0 Å². The van der Waals surface area contributed by atoms with E-state index in [0.717, 1.165) is 17.0 Å². The van der Waals surface area contributed by atoms with Crippen LogP contribution < -0.4 is 0 Å². The third-order valence-corrected chi connectivity index (χ3v) is 4.83. The minimum absolute atomic E-state index is 0.0575. The summed E-state index contributed by atoms with van der Waals surface area (Å²) in [5.74, 6) is 6.60. The normalized spacial score (nSPS) is 15.3. The molecule has 1 aromatic rings. The van der Waals surface area contributed by atoms with E-state index in [1.807, 2.05) is 23.4 Å². The highest BCUT2D eigenvalue weighted by atomic mass is 32.1. The highest BCUT2D eigenvalue weighted by Gasteiger charge is 2.21. The summed E-state index contributed by atoms with van der Waals surface area (Å²) in [5.41, 5.74) is 0.786. The summed E-state index contributed by atoms with van der Waals surface area (Å²) in [4.78, 5) is 15.1. The fourth-order valence-electron chi connectivity index (χ4n) is 2.80. The number of aliphatic hydroxyl groups excluding tert-OH is 1. The van der Waals surface area contributed by atoms with Gasteiger partial charge in [-0.05, 0) is 30.2 Å². The number of rotatable bonds is 4. The number of hydrogen-bond donors (Lipinski definition) is 1. The van der Waals surface area contributed by atoms with Crippen molar-refractivity contribution < 1.29 is 9.90 Å². The summed E-state index contributed by atoms with van der Waals surface area (Å²) in [6.45, 7) is 0.905. The van der Waals surface area contributed by atoms with Crippen molar-refractivity contribution in [3.63, 3.8) is 0 Å². The number of hydrogen-bond acceptors (Lipinski definition) is 3. The quantitative estimate of drug-likeness (QED) is 0.868. The number of aliphatic hydroxyl groups is 1. The lowest BCUT2D eigenvalue weighted by molar-refractivity contribution is 0.0765. The molecule has 1 aliphatic rings. The zero-order valence-corrected chi connectivity index (χ0v) is 13.4. The number of amides is 1. The maximum absolute atomic E-state index is 12.6. The number of thiophene rings is 1. The fourth-order valence-corrected chi connectivity index (χ4v) is 3.64. The summed E-state index contributed by atoms with van der Waals surface area (Å²) in [5, 5.41) is 10.7. The monoisotopic (exact) mass is 305 g/mol. The van der Waals surface area contributed by atoms with E-state index < -0.39 is 0 Å². The molecule has 3 nitrogen and oxygen atoms in total. The van der Waals surface area contributed by atoms with Gasteiger partial charge in [-0.3, -0.25) is 4.79 Å². The van der Waals surface area contributed by atoms with Crippen molar-refractivity contribution in [3.8, 4) is 11.8 Å². The lowest BCUT2D eigenvalue weighted by atomic mass is 9.89. The molecule has 0 bridgehead atoms. The second-order valence-electron chi connectivity index (χ2n) is 5.63. The topological polar surface area (TPSA) is 40.5 Å². The molecule has 0 aromatic carbocycles.